The van der Waals surface area contributed by atoms with Crippen LogP contribution in [0.1, 0.15) is 25.5 Å². The lowest BCUT2D eigenvalue weighted by Crippen LogP contribution is -2.48. The molecule has 4 heteroatoms. The van der Waals surface area contributed by atoms with Gasteiger partial charge in [0.05, 0.1) is 12.2 Å². The van der Waals surface area contributed by atoms with E-state index in [0.29, 0.717) is 12.3 Å². The van der Waals surface area contributed by atoms with E-state index < -0.39 is 0 Å². The Hall–Kier alpha value is -1.10. The van der Waals surface area contributed by atoms with Crippen LogP contribution in [0.2, 0.25) is 0 Å². The third-order valence-electron chi connectivity index (χ3n) is 3.37. The maximum absolute atomic E-state index is 9.58. The van der Waals surface area contributed by atoms with Crippen LogP contribution in [0.3, 0.4) is 0 Å². The molecule has 0 radical (unpaired) electrons. The lowest BCUT2D eigenvalue weighted by Gasteiger charge is -2.40. The third kappa shape index (κ3) is 3.02. The number of phenols is 1. The molecule has 0 amide bonds. The Balaban J connectivity index is 2.17. The van der Waals surface area contributed by atoms with Gasteiger partial charge in [0.2, 0.25) is 0 Å². The molecule has 1 aromatic carbocycles. The molecule has 3 unspecified atom stereocenters. The standard InChI is InChI=1S/C14H22N2O2/c1-10-8-16(9-11(2)18-10)14(7-15)12-4-3-5-13(17)6-12/h3-6,10-11,14,17H,7-9,15H2,1-2H3. The predicted octanol–water partition coefficient (Wildman–Crippen LogP) is 1.50. The largest absolute Gasteiger partial charge is 0.508 e. The lowest BCUT2D eigenvalue weighted by atomic mass is 10.0. The molecule has 1 heterocycles. The summed E-state index contributed by atoms with van der Waals surface area (Å²) in [6.45, 7) is 6.46. The molecule has 1 fully saturated rings. The van der Waals surface area contributed by atoms with Crippen LogP contribution in [0.15, 0.2) is 24.3 Å². The summed E-state index contributed by atoms with van der Waals surface area (Å²) in [6, 6.07) is 7.50. The molecular weight excluding hydrogens is 228 g/mol. The van der Waals surface area contributed by atoms with Crippen LogP contribution in [0.25, 0.3) is 0 Å². The molecule has 3 atom stereocenters. The molecule has 1 aliphatic heterocycles. The molecule has 0 bridgehead atoms. The monoisotopic (exact) mass is 250 g/mol. The van der Waals surface area contributed by atoms with Gasteiger partial charge in [0, 0.05) is 25.7 Å². The molecule has 4 nitrogen and oxygen atoms in total. The van der Waals surface area contributed by atoms with Gasteiger partial charge in [-0.3, -0.25) is 4.90 Å². The fourth-order valence-electron chi connectivity index (χ4n) is 2.70. The quantitative estimate of drug-likeness (QED) is 0.853. The van der Waals surface area contributed by atoms with Crippen LogP contribution in [0.4, 0.5) is 0 Å². The van der Waals surface area contributed by atoms with Crippen molar-refractivity contribution in [3.05, 3.63) is 29.8 Å². The summed E-state index contributed by atoms with van der Waals surface area (Å²) in [6.07, 6.45) is 0.445. The number of hydrogen-bond donors (Lipinski definition) is 2. The molecule has 1 aliphatic rings. The number of nitrogens with two attached hydrogens (primary N) is 1. The van der Waals surface area contributed by atoms with Gasteiger partial charge in [0.15, 0.2) is 0 Å². The average Bonchev–Trinajstić information content (AvgIpc) is 2.28. The number of hydrogen-bond acceptors (Lipinski definition) is 4. The molecule has 0 aromatic heterocycles. The molecule has 0 spiro atoms. The number of ether oxygens (including phenoxy) is 1. The Kier molecular flexibility index (Phi) is 4.22. The smallest absolute Gasteiger partial charge is 0.115 e. The Morgan fingerprint density at radius 3 is 2.61 bits per heavy atom. The molecule has 1 saturated heterocycles. The van der Waals surface area contributed by atoms with E-state index in [9.17, 15) is 5.11 Å². The minimum Gasteiger partial charge on any atom is -0.508 e. The maximum atomic E-state index is 9.58. The van der Waals surface area contributed by atoms with Crippen LogP contribution in [0, 0.1) is 0 Å². The van der Waals surface area contributed by atoms with Crippen molar-refractivity contribution in [3.8, 4) is 5.75 Å². The van der Waals surface area contributed by atoms with Crippen LogP contribution in [0.5, 0.6) is 5.75 Å². The maximum Gasteiger partial charge on any atom is 0.115 e. The highest BCUT2D eigenvalue weighted by molar-refractivity contribution is 5.29. The Morgan fingerprint density at radius 1 is 1.39 bits per heavy atom. The van der Waals surface area contributed by atoms with E-state index in [1.165, 1.54) is 0 Å². The van der Waals surface area contributed by atoms with E-state index in [2.05, 4.69) is 18.7 Å². The highest BCUT2D eigenvalue weighted by Crippen LogP contribution is 2.26. The van der Waals surface area contributed by atoms with E-state index in [1.54, 1.807) is 12.1 Å². The van der Waals surface area contributed by atoms with E-state index in [4.69, 9.17) is 10.5 Å². The number of rotatable bonds is 3. The second-order valence-electron chi connectivity index (χ2n) is 5.06. The Bertz CT molecular complexity index is 387. The normalized spacial score (nSPS) is 27.1. The number of aromatic hydroxyl groups is 1. The van der Waals surface area contributed by atoms with Crippen molar-refractivity contribution in [2.45, 2.75) is 32.1 Å². The average molecular weight is 250 g/mol. The van der Waals surface area contributed by atoms with Gasteiger partial charge in [0.1, 0.15) is 5.75 Å². The van der Waals surface area contributed by atoms with E-state index in [0.717, 1.165) is 18.7 Å². The molecule has 0 saturated carbocycles. The highest BCUT2D eigenvalue weighted by Gasteiger charge is 2.28. The molecule has 1 aromatic rings. The third-order valence-corrected chi connectivity index (χ3v) is 3.37. The van der Waals surface area contributed by atoms with Crippen LogP contribution in [-0.4, -0.2) is 41.8 Å². The Morgan fingerprint density at radius 2 is 2.06 bits per heavy atom. The van der Waals surface area contributed by atoms with Gasteiger partial charge < -0.3 is 15.6 Å². The first kappa shape index (κ1) is 13.3. The number of phenolic OH excluding ortho intramolecular Hbond substituents is 1. The van der Waals surface area contributed by atoms with E-state index in [1.807, 2.05) is 12.1 Å². The second kappa shape index (κ2) is 5.69. The summed E-state index contributed by atoms with van der Waals surface area (Å²) in [5, 5.41) is 9.58. The first-order valence-corrected chi connectivity index (χ1v) is 6.48. The minimum absolute atomic E-state index is 0.144. The zero-order valence-corrected chi connectivity index (χ0v) is 11.0. The fraction of sp³-hybridized carbons (Fsp3) is 0.571. The summed E-state index contributed by atoms with van der Waals surface area (Å²) in [7, 11) is 0. The number of nitrogens with zero attached hydrogens (tertiary/aromatic N) is 1. The van der Waals surface area contributed by atoms with Crippen molar-refractivity contribution in [1.82, 2.24) is 4.90 Å². The molecule has 2 rings (SSSR count). The van der Waals surface area contributed by atoms with Crippen molar-refractivity contribution in [2.24, 2.45) is 5.73 Å². The predicted molar refractivity (Wildman–Crippen MR) is 71.5 cm³/mol. The van der Waals surface area contributed by atoms with Gasteiger partial charge >= 0.3 is 0 Å². The van der Waals surface area contributed by atoms with E-state index >= 15 is 0 Å². The molecule has 3 N–H and O–H groups in total. The molecular formula is C14H22N2O2. The number of benzene rings is 1. The van der Waals surface area contributed by atoms with Crippen molar-refractivity contribution in [1.29, 1.82) is 0 Å². The van der Waals surface area contributed by atoms with Gasteiger partial charge in [-0.15, -0.1) is 0 Å². The summed E-state index contributed by atoms with van der Waals surface area (Å²) in [5.41, 5.74) is 6.98. The van der Waals surface area contributed by atoms with Crippen molar-refractivity contribution < 1.29 is 9.84 Å². The zero-order chi connectivity index (χ0) is 13.1. The second-order valence-corrected chi connectivity index (χ2v) is 5.06. The molecule has 0 aliphatic carbocycles. The van der Waals surface area contributed by atoms with Gasteiger partial charge in [-0.05, 0) is 31.5 Å². The zero-order valence-electron chi connectivity index (χ0n) is 11.0. The van der Waals surface area contributed by atoms with E-state index in [-0.39, 0.29) is 18.2 Å². The summed E-state index contributed by atoms with van der Waals surface area (Å²) in [5.74, 6) is 0.292. The highest BCUT2D eigenvalue weighted by atomic mass is 16.5. The first-order valence-electron chi connectivity index (χ1n) is 6.48. The number of morpholine rings is 1. The summed E-state index contributed by atoms with van der Waals surface area (Å²) < 4.78 is 5.74. The molecule has 100 valence electrons. The SMILES string of the molecule is CC1CN(C(CN)c2cccc(O)c2)CC(C)O1. The van der Waals surface area contributed by atoms with Crippen LogP contribution < -0.4 is 5.73 Å². The van der Waals surface area contributed by atoms with Crippen molar-refractivity contribution in [2.75, 3.05) is 19.6 Å². The van der Waals surface area contributed by atoms with Crippen molar-refractivity contribution >= 4 is 0 Å². The molecule has 18 heavy (non-hydrogen) atoms. The first-order chi connectivity index (χ1) is 8.60. The van der Waals surface area contributed by atoms with Gasteiger partial charge in [0.25, 0.3) is 0 Å². The lowest BCUT2D eigenvalue weighted by molar-refractivity contribution is -0.0799. The minimum atomic E-state index is 0.144. The van der Waals surface area contributed by atoms with Gasteiger partial charge in [-0.25, -0.2) is 0 Å². The Labute approximate surface area is 108 Å². The van der Waals surface area contributed by atoms with Gasteiger partial charge in [-0.2, -0.15) is 0 Å². The van der Waals surface area contributed by atoms with Crippen LogP contribution >= 0.6 is 0 Å². The summed E-state index contributed by atoms with van der Waals surface area (Å²) >= 11 is 0. The topological polar surface area (TPSA) is 58.7 Å². The summed E-state index contributed by atoms with van der Waals surface area (Å²) in [4.78, 5) is 2.34. The fourth-order valence-corrected chi connectivity index (χ4v) is 2.70. The van der Waals surface area contributed by atoms with Gasteiger partial charge in [-0.1, -0.05) is 12.1 Å². The van der Waals surface area contributed by atoms with Crippen LogP contribution in [-0.2, 0) is 4.74 Å². The van der Waals surface area contributed by atoms with Crippen molar-refractivity contribution in [3.63, 3.8) is 0 Å².